The molecule has 1 nitrogen and oxygen atoms in total. The van der Waals surface area contributed by atoms with Crippen molar-refractivity contribution in [2.45, 2.75) is 20.3 Å². The SMILES string of the molecule is [2H]C1(COC)C=C(C)CC(C)=C1. The zero-order valence-electron chi connectivity index (χ0n) is 8.48. The van der Waals surface area contributed by atoms with Crippen molar-refractivity contribution in [2.24, 2.45) is 5.89 Å². The molecule has 0 atom stereocenters. The fourth-order valence-electron chi connectivity index (χ4n) is 1.47. The highest BCUT2D eigenvalue weighted by molar-refractivity contribution is 5.22. The van der Waals surface area contributed by atoms with Gasteiger partial charge < -0.3 is 4.74 Å². The Morgan fingerprint density at radius 3 is 2.55 bits per heavy atom. The van der Waals surface area contributed by atoms with Crippen molar-refractivity contribution in [2.75, 3.05) is 13.7 Å². The number of rotatable bonds is 2. The van der Waals surface area contributed by atoms with Crippen LogP contribution in [-0.2, 0) is 4.74 Å². The van der Waals surface area contributed by atoms with E-state index in [0.717, 1.165) is 6.42 Å². The zero-order chi connectivity index (χ0) is 9.19. The molecule has 11 heavy (non-hydrogen) atoms. The molecule has 0 spiro atoms. The van der Waals surface area contributed by atoms with E-state index in [4.69, 9.17) is 6.11 Å². The van der Waals surface area contributed by atoms with Crippen LogP contribution < -0.4 is 0 Å². The first-order chi connectivity index (χ1) is 5.56. The van der Waals surface area contributed by atoms with Gasteiger partial charge in [0.1, 0.15) is 0 Å². The Morgan fingerprint density at radius 1 is 1.55 bits per heavy atom. The van der Waals surface area contributed by atoms with E-state index in [1.165, 1.54) is 11.1 Å². The van der Waals surface area contributed by atoms with Crippen LogP contribution in [0.2, 0.25) is 0 Å². The zero-order valence-corrected chi connectivity index (χ0v) is 7.48. The van der Waals surface area contributed by atoms with Gasteiger partial charge in [-0.05, 0) is 20.3 Å². The lowest BCUT2D eigenvalue weighted by Gasteiger charge is -2.16. The molecule has 0 heterocycles. The van der Waals surface area contributed by atoms with Crippen molar-refractivity contribution >= 4 is 0 Å². The van der Waals surface area contributed by atoms with Gasteiger partial charge in [-0.2, -0.15) is 0 Å². The Labute approximate surface area is 70.2 Å². The van der Waals surface area contributed by atoms with Gasteiger partial charge in [0.2, 0.25) is 0 Å². The van der Waals surface area contributed by atoms with E-state index in [1.807, 2.05) is 12.2 Å². The molecular weight excluding hydrogens is 136 g/mol. The average molecular weight is 153 g/mol. The molecule has 0 radical (unpaired) electrons. The summed E-state index contributed by atoms with van der Waals surface area (Å²) in [4.78, 5) is 0. The van der Waals surface area contributed by atoms with Crippen LogP contribution in [0.25, 0.3) is 0 Å². The second-order valence-electron chi connectivity index (χ2n) is 3.17. The number of hydrogen-bond acceptors (Lipinski definition) is 1. The Kier molecular flexibility index (Phi) is 2.41. The number of methoxy groups -OCH3 is 1. The van der Waals surface area contributed by atoms with Crippen LogP contribution in [0.3, 0.4) is 0 Å². The van der Waals surface area contributed by atoms with Crippen molar-refractivity contribution in [3.8, 4) is 0 Å². The van der Waals surface area contributed by atoms with Crippen LogP contribution in [0.5, 0.6) is 0 Å². The third-order valence-corrected chi connectivity index (χ3v) is 1.73. The molecule has 0 aromatic carbocycles. The normalized spacial score (nSPS) is 23.7. The lowest BCUT2D eigenvalue weighted by molar-refractivity contribution is 0.183. The highest BCUT2D eigenvalue weighted by Crippen LogP contribution is 2.21. The molecule has 0 saturated carbocycles. The second-order valence-corrected chi connectivity index (χ2v) is 3.17. The topological polar surface area (TPSA) is 9.23 Å². The van der Waals surface area contributed by atoms with Crippen molar-refractivity contribution < 1.29 is 6.11 Å². The molecule has 0 unspecified atom stereocenters. The van der Waals surface area contributed by atoms with Crippen molar-refractivity contribution in [1.29, 1.82) is 0 Å². The lowest BCUT2D eigenvalue weighted by Crippen LogP contribution is -2.06. The van der Waals surface area contributed by atoms with E-state index >= 15 is 0 Å². The van der Waals surface area contributed by atoms with Gasteiger partial charge in [0.25, 0.3) is 0 Å². The molecule has 0 fully saturated rings. The first-order valence-electron chi connectivity index (χ1n) is 4.41. The van der Waals surface area contributed by atoms with Gasteiger partial charge in [-0.25, -0.2) is 0 Å². The molecule has 0 aromatic heterocycles. The summed E-state index contributed by atoms with van der Waals surface area (Å²) in [5, 5.41) is 0. The van der Waals surface area contributed by atoms with E-state index < -0.39 is 5.89 Å². The average Bonchev–Trinajstić information content (AvgIpc) is 1.82. The summed E-state index contributed by atoms with van der Waals surface area (Å²) in [6, 6.07) is 0. The first kappa shape index (κ1) is 7.11. The van der Waals surface area contributed by atoms with Crippen molar-refractivity contribution in [3.05, 3.63) is 23.3 Å². The van der Waals surface area contributed by atoms with Crippen LogP contribution in [0.4, 0.5) is 0 Å². The van der Waals surface area contributed by atoms with E-state index in [0.29, 0.717) is 6.61 Å². The first-order valence-corrected chi connectivity index (χ1v) is 3.91. The van der Waals surface area contributed by atoms with Gasteiger partial charge >= 0.3 is 0 Å². The minimum atomic E-state index is -0.624. The molecule has 0 saturated heterocycles. The van der Waals surface area contributed by atoms with E-state index in [9.17, 15) is 0 Å². The van der Waals surface area contributed by atoms with Gasteiger partial charge in [0.05, 0.1) is 6.61 Å². The molecule has 1 rings (SSSR count). The molecule has 0 aliphatic heterocycles. The predicted octanol–water partition coefficient (Wildman–Crippen LogP) is 2.55. The maximum atomic E-state index is 8.00. The van der Waals surface area contributed by atoms with Gasteiger partial charge in [0, 0.05) is 14.4 Å². The highest BCUT2D eigenvalue weighted by Gasteiger charge is 2.08. The van der Waals surface area contributed by atoms with Crippen molar-refractivity contribution in [3.63, 3.8) is 0 Å². The molecule has 0 aromatic rings. The molecule has 1 aliphatic rings. The summed E-state index contributed by atoms with van der Waals surface area (Å²) in [6.45, 7) is 4.58. The van der Waals surface area contributed by atoms with Crippen LogP contribution >= 0.6 is 0 Å². The maximum absolute atomic E-state index is 8.00. The predicted molar refractivity (Wildman–Crippen MR) is 47.5 cm³/mol. The molecule has 62 valence electrons. The third kappa shape index (κ3) is 2.51. The molecule has 1 heteroatoms. The van der Waals surface area contributed by atoms with E-state index in [2.05, 4.69) is 13.8 Å². The minimum Gasteiger partial charge on any atom is -0.384 e. The fraction of sp³-hybridized carbons (Fsp3) is 0.600. The Hall–Kier alpha value is -0.560. The highest BCUT2D eigenvalue weighted by atomic mass is 16.5. The fourth-order valence-corrected chi connectivity index (χ4v) is 1.47. The second kappa shape index (κ2) is 3.72. The quantitative estimate of drug-likeness (QED) is 0.554. The summed E-state index contributed by atoms with van der Waals surface area (Å²) in [7, 11) is 1.64. The lowest BCUT2D eigenvalue weighted by atomic mass is 9.93. The van der Waals surface area contributed by atoms with Crippen LogP contribution in [0.1, 0.15) is 21.6 Å². The number of allylic oxidation sites excluding steroid dienone is 2. The molecule has 0 N–H and O–H groups in total. The summed E-state index contributed by atoms with van der Waals surface area (Å²) < 4.78 is 13.0. The smallest absolute Gasteiger partial charge is 0.0559 e. The molecular formula is C10H16O. The van der Waals surface area contributed by atoms with Crippen molar-refractivity contribution in [1.82, 2.24) is 0 Å². The maximum Gasteiger partial charge on any atom is 0.0559 e. The van der Waals surface area contributed by atoms with Gasteiger partial charge in [-0.1, -0.05) is 23.3 Å². The summed E-state index contributed by atoms with van der Waals surface area (Å²) in [5.41, 5.74) is 2.53. The molecule has 0 bridgehead atoms. The molecule has 0 amide bonds. The number of ether oxygens (including phenoxy) is 1. The standard InChI is InChI=1S/C10H16O/c1-8-4-9(2)6-10(5-8)7-11-3/h5-6,10H,4,7H2,1-3H3/i10D. The Bertz CT molecular complexity index is 210. The van der Waals surface area contributed by atoms with Crippen LogP contribution in [0, 0.1) is 5.89 Å². The molecule has 1 aliphatic carbocycles. The monoisotopic (exact) mass is 153 g/mol. The van der Waals surface area contributed by atoms with Gasteiger partial charge in [-0.3, -0.25) is 0 Å². The Morgan fingerprint density at radius 2 is 2.09 bits per heavy atom. The third-order valence-electron chi connectivity index (χ3n) is 1.73. The summed E-state index contributed by atoms with van der Waals surface area (Å²) in [5.74, 6) is -0.624. The van der Waals surface area contributed by atoms with E-state index in [-0.39, 0.29) is 0 Å². The summed E-state index contributed by atoms with van der Waals surface area (Å²) >= 11 is 0. The summed E-state index contributed by atoms with van der Waals surface area (Å²) in [6.07, 6.45) is 4.96. The van der Waals surface area contributed by atoms with Gasteiger partial charge in [0.15, 0.2) is 0 Å². The largest absolute Gasteiger partial charge is 0.384 e. The van der Waals surface area contributed by atoms with E-state index in [1.54, 1.807) is 7.11 Å². The minimum absolute atomic E-state index is 0.446. The van der Waals surface area contributed by atoms with Crippen LogP contribution in [0.15, 0.2) is 23.3 Å². The Balaban J connectivity index is 2.81. The number of hydrogen-bond donors (Lipinski definition) is 0. The van der Waals surface area contributed by atoms with Crippen LogP contribution in [-0.4, -0.2) is 13.7 Å². The van der Waals surface area contributed by atoms with Gasteiger partial charge in [-0.15, -0.1) is 0 Å².